The molecule has 0 atom stereocenters. The Hall–Kier alpha value is -2.93. The lowest BCUT2D eigenvalue weighted by Gasteiger charge is -2.12. The van der Waals surface area contributed by atoms with Crippen LogP contribution in [-0.2, 0) is 16.0 Å². The molecule has 0 aliphatic carbocycles. The molecule has 27 heavy (non-hydrogen) atoms. The van der Waals surface area contributed by atoms with Gasteiger partial charge in [-0.1, -0.05) is 31.2 Å². The molecule has 0 radical (unpaired) electrons. The Balaban J connectivity index is 1.67. The van der Waals surface area contributed by atoms with Crippen LogP contribution in [0.2, 0.25) is 0 Å². The molecule has 2 aromatic rings. The number of imide groups is 1. The van der Waals surface area contributed by atoms with Crippen molar-refractivity contribution in [1.29, 1.82) is 0 Å². The van der Waals surface area contributed by atoms with Gasteiger partial charge in [0.2, 0.25) is 5.91 Å². The van der Waals surface area contributed by atoms with E-state index in [2.05, 4.69) is 12.2 Å². The average Bonchev–Trinajstić information content (AvgIpc) is 2.91. The summed E-state index contributed by atoms with van der Waals surface area (Å²) >= 11 is 0.806. The van der Waals surface area contributed by atoms with Crippen molar-refractivity contribution in [3.8, 4) is 0 Å². The summed E-state index contributed by atoms with van der Waals surface area (Å²) in [6.45, 7) is 1.66. The zero-order valence-corrected chi connectivity index (χ0v) is 15.4. The fraction of sp³-hybridized carbons (Fsp3) is 0.150. The Bertz CT molecular complexity index is 908. The number of nitrogens with one attached hydrogen (secondary N) is 1. The van der Waals surface area contributed by atoms with Crippen LogP contribution in [-0.4, -0.2) is 28.5 Å². The van der Waals surface area contributed by atoms with Crippen molar-refractivity contribution in [2.45, 2.75) is 13.3 Å². The van der Waals surface area contributed by atoms with Gasteiger partial charge >= 0.3 is 0 Å². The minimum atomic E-state index is -0.530. The molecule has 1 saturated heterocycles. The molecular weight excluding hydrogens is 367 g/mol. The predicted molar refractivity (Wildman–Crippen MR) is 104 cm³/mol. The van der Waals surface area contributed by atoms with Crippen LogP contribution in [0.1, 0.15) is 18.1 Å². The molecule has 0 saturated carbocycles. The molecule has 5 nitrogen and oxygen atoms in total. The number of halogens is 1. The zero-order valence-electron chi connectivity index (χ0n) is 14.6. The number of rotatable bonds is 5. The maximum absolute atomic E-state index is 12.9. The average molecular weight is 384 g/mol. The second kappa shape index (κ2) is 8.18. The molecule has 1 N–H and O–H groups in total. The molecule has 138 valence electrons. The minimum absolute atomic E-state index is 0.277. The molecule has 1 fully saturated rings. The van der Waals surface area contributed by atoms with E-state index in [1.165, 1.54) is 29.8 Å². The monoisotopic (exact) mass is 384 g/mol. The summed E-state index contributed by atoms with van der Waals surface area (Å²) in [7, 11) is 0. The fourth-order valence-corrected chi connectivity index (χ4v) is 3.35. The van der Waals surface area contributed by atoms with Gasteiger partial charge in [0.05, 0.1) is 4.91 Å². The third-order valence-electron chi connectivity index (χ3n) is 3.99. The maximum Gasteiger partial charge on any atom is 0.294 e. The molecule has 7 heteroatoms. The number of amides is 3. The van der Waals surface area contributed by atoms with Gasteiger partial charge in [-0.3, -0.25) is 19.3 Å². The van der Waals surface area contributed by atoms with E-state index in [4.69, 9.17) is 0 Å². The molecular formula is C20H17FN2O3S. The number of thioether (sulfide) groups is 1. The number of aryl methyl sites for hydroxylation is 1. The number of hydrogen-bond donors (Lipinski definition) is 1. The first kappa shape index (κ1) is 18.8. The van der Waals surface area contributed by atoms with Gasteiger partial charge in [-0.2, -0.15) is 0 Å². The van der Waals surface area contributed by atoms with E-state index in [1.54, 1.807) is 6.08 Å². The SMILES string of the molecule is CCc1ccc(C=C2SC(=O)N(CC(=O)Nc3ccc(F)cc3)C2=O)cc1. The molecule has 1 aliphatic rings. The van der Waals surface area contributed by atoms with Crippen molar-refractivity contribution in [2.24, 2.45) is 0 Å². The number of nitrogens with zero attached hydrogens (tertiary/aromatic N) is 1. The molecule has 3 rings (SSSR count). The second-order valence-corrected chi connectivity index (χ2v) is 6.91. The van der Waals surface area contributed by atoms with E-state index in [0.29, 0.717) is 5.69 Å². The number of carbonyl (C=O) groups excluding carboxylic acids is 3. The molecule has 3 amide bonds. The van der Waals surface area contributed by atoms with Crippen molar-refractivity contribution in [2.75, 3.05) is 11.9 Å². The van der Waals surface area contributed by atoms with E-state index < -0.39 is 29.4 Å². The number of anilines is 1. The predicted octanol–water partition coefficient (Wildman–Crippen LogP) is 4.06. The highest BCUT2D eigenvalue weighted by molar-refractivity contribution is 8.18. The highest BCUT2D eigenvalue weighted by Crippen LogP contribution is 2.32. The Morgan fingerprint density at radius 2 is 1.78 bits per heavy atom. The summed E-state index contributed by atoms with van der Waals surface area (Å²) in [6.07, 6.45) is 2.56. The molecule has 0 unspecified atom stereocenters. The van der Waals surface area contributed by atoms with Crippen molar-refractivity contribution in [3.05, 3.63) is 70.4 Å². The van der Waals surface area contributed by atoms with E-state index in [-0.39, 0.29) is 4.91 Å². The van der Waals surface area contributed by atoms with Gasteiger partial charge in [0.1, 0.15) is 12.4 Å². The Morgan fingerprint density at radius 1 is 1.11 bits per heavy atom. The lowest BCUT2D eigenvalue weighted by atomic mass is 10.1. The van der Waals surface area contributed by atoms with Crippen molar-refractivity contribution < 1.29 is 18.8 Å². The number of hydrogen-bond acceptors (Lipinski definition) is 4. The van der Waals surface area contributed by atoms with Gasteiger partial charge in [-0.25, -0.2) is 4.39 Å². The smallest absolute Gasteiger partial charge is 0.294 e. The molecule has 0 spiro atoms. The summed E-state index contributed by atoms with van der Waals surface area (Å²) in [5.74, 6) is -1.45. The van der Waals surface area contributed by atoms with Crippen molar-refractivity contribution >= 4 is 40.6 Å². The van der Waals surface area contributed by atoms with Gasteiger partial charge in [-0.05, 0) is 59.7 Å². The second-order valence-electron chi connectivity index (χ2n) is 5.92. The number of benzene rings is 2. The zero-order chi connectivity index (χ0) is 19.4. The topological polar surface area (TPSA) is 66.5 Å². The van der Waals surface area contributed by atoms with E-state index in [0.717, 1.165) is 28.6 Å². The normalized spacial score (nSPS) is 15.5. The first-order valence-electron chi connectivity index (χ1n) is 8.36. The summed E-state index contributed by atoms with van der Waals surface area (Å²) < 4.78 is 12.9. The van der Waals surface area contributed by atoms with E-state index in [9.17, 15) is 18.8 Å². The Morgan fingerprint density at radius 3 is 2.41 bits per heavy atom. The summed E-state index contributed by atoms with van der Waals surface area (Å²) in [5.41, 5.74) is 2.38. The van der Waals surface area contributed by atoms with Crippen LogP contribution >= 0.6 is 11.8 Å². The summed E-state index contributed by atoms with van der Waals surface area (Å²) in [5, 5.41) is 2.04. The lowest BCUT2D eigenvalue weighted by Crippen LogP contribution is -2.36. The van der Waals surface area contributed by atoms with Gasteiger partial charge in [-0.15, -0.1) is 0 Å². The van der Waals surface area contributed by atoms with Gasteiger partial charge in [0, 0.05) is 5.69 Å². The van der Waals surface area contributed by atoms with Gasteiger partial charge < -0.3 is 5.32 Å². The Kier molecular flexibility index (Phi) is 5.71. The molecule has 1 aliphatic heterocycles. The third kappa shape index (κ3) is 4.62. The van der Waals surface area contributed by atoms with Gasteiger partial charge in [0.15, 0.2) is 0 Å². The van der Waals surface area contributed by atoms with Gasteiger partial charge in [0.25, 0.3) is 11.1 Å². The van der Waals surface area contributed by atoms with Crippen LogP contribution in [0.4, 0.5) is 14.9 Å². The van der Waals surface area contributed by atoms with E-state index in [1.807, 2.05) is 24.3 Å². The van der Waals surface area contributed by atoms with Crippen LogP contribution in [0.25, 0.3) is 6.08 Å². The quantitative estimate of drug-likeness (QED) is 0.790. The number of carbonyl (C=O) groups is 3. The molecule has 2 aromatic carbocycles. The first-order chi connectivity index (χ1) is 13.0. The fourth-order valence-electron chi connectivity index (χ4n) is 2.51. The molecule has 0 bridgehead atoms. The summed E-state index contributed by atoms with van der Waals surface area (Å²) in [6, 6.07) is 12.9. The molecule has 0 aromatic heterocycles. The Labute approximate surface area is 160 Å². The van der Waals surface area contributed by atoms with Crippen LogP contribution in [0.3, 0.4) is 0 Å². The van der Waals surface area contributed by atoms with Crippen LogP contribution in [0.15, 0.2) is 53.4 Å². The van der Waals surface area contributed by atoms with Crippen LogP contribution < -0.4 is 5.32 Å². The largest absolute Gasteiger partial charge is 0.325 e. The van der Waals surface area contributed by atoms with Crippen molar-refractivity contribution in [3.63, 3.8) is 0 Å². The molecule has 1 heterocycles. The van der Waals surface area contributed by atoms with Crippen molar-refractivity contribution in [1.82, 2.24) is 4.90 Å². The standard InChI is InChI=1S/C20H17FN2O3S/c1-2-13-3-5-14(6-4-13)11-17-19(25)23(20(26)27-17)12-18(24)22-16-9-7-15(21)8-10-16/h3-11H,2,12H2,1H3,(H,22,24). The summed E-state index contributed by atoms with van der Waals surface area (Å²) in [4.78, 5) is 37.9. The highest BCUT2D eigenvalue weighted by Gasteiger charge is 2.36. The van der Waals surface area contributed by atoms with Crippen LogP contribution in [0.5, 0.6) is 0 Å². The van der Waals surface area contributed by atoms with Crippen LogP contribution in [0, 0.1) is 5.82 Å². The lowest BCUT2D eigenvalue weighted by molar-refractivity contribution is -0.127. The first-order valence-corrected chi connectivity index (χ1v) is 9.17. The third-order valence-corrected chi connectivity index (χ3v) is 4.90. The minimum Gasteiger partial charge on any atom is -0.325 e. The maximum atomic E-state index is 12.9. The van der Waals surface area contributed by atoms with E-state index >= 15 is 0 Å². The highest BCUT2D eigenvalue weighted by atomic mass is 32.2.